The Morgan fingerprint density at radius 1 is 1.19 bits per heavy atom. The van der Waals surface area contributed by atoms with Gasteiger partial charge in [0.15, 0.2) is 5.13 Å². The van der Waals surface area contributed by atoms with Gasteiger partial charge < -0.3 is 4.90 Å². The van der Waals surface area contributed by atoms with Crippen LogP contribution in [0.3, 0.4) is 0 Å². The third-order valence-corrected chi connectivity index (χ3v) is 5.58. The maximum atomic E-state index is 13.5. The zero-order chi connectivity index (χ0) is 18.6. The highest BCUT2D eigenvalue weighted by molar-refractivity contribution is 7.14. The van der Waals surface area contributed by atoms with Crippen LogP contribution >= 0.6 is 11.3 Å². The van der Waals surface area contributed by atoms with Crippen LogP contribution < -0.4 is 9.80 Å². The van der Waals surface area contributed by atoms with Gasteiger partial charge in [-0.3, -0.25) is 9.69 Å². The maximum Gasteiger partial charge on any atom is 0.238 e. The molecule has 1 aromatic carbocycles. The van der Waals surface area contributed by atoms with E-state index in [-0.39, 0.29) is 11.8 Å². The van der Waals surface area contributed by atoms with Gasteiger partial charge in [0.05, 0.1) is 17.3 Å². The molecule has 27 heavy (non-hydrogen) atoms. The van der Waals surface area contributed by atoms with E-state index in [0.29, 0.717) is 12.5 Å². The number of carbonyl (C=O) groups is 1. The number of rotatable bonds is 4. The lowest BCUT2D eigenvalue weighted by atomic mass is 9.96. The lowest BCUT2D eigenvalue weighted by molar-refractivity contribution is -0.121. The van der Waals surface area contributed by atoms with Crippen LogP contribution in [0.4, 0.5) is 16.8 Å². The Hall–Kier alpha value is -2.80. The summed E-state index contributed by atoms with van der Waals surface area (Å²) in [5, 5.41) is 2.69. The molecule has 1 fully saturated rings. The summed E-state index contributed by atoms with van der Waals surface area (Å²) < 4.78 is 0. The Morgan fingerprint density at radius 2 is 1.96 bits per heavy atom. The highest BCUT2D eigenvalue weighted by atomic mass is 32.1. The molecule has 1 aliphatic heterocycles. The van der Waals surface area contributed by atoms with Crippen molar-refractivity contribution in [3.8, 4) is 0 Å². The average molecular weight is 379 g/mol. The number of carbonyl (C=O) groups excluding carboxylic acids is 1. The standard InChI is InChI=1S/C20H21N5OS/c1-15-14-27-20(23-15)25(17-8-3-2-4-9-17)18(26)16-7-5-12-24(13-16)19-21-10-6-11-22-19/h2-4,6,8-11,14,16H,5,7,12-13H2,1H3. The molecule has 6 nitrogen and oxygen atoms in total. The first-order chi connectivity index (χ1) is 13.2. The van der Waals surface area contributed by atoms with Crippen LogP contribution in [0.1, 0.15) is 18.5 Å². The van der Waals surface area contributed by atoms with Gasteiger partial charge in [0, 0.05) is 30.9 Å². The van der Waals surface area contributed by atoms with E-state index in [4.69, 9.17) is 0 Å². The van der Waals surface area contributed by atoms with E-state index in [9.17, 15) is 4.79 Å². The molecule has 7 heteroatoms. The van der Waals surface area contributed by atoms with Crippen molar-refractivity contribution in [2.45, 2.75) is 19.8 Å². The number of piperidine rings is 1. The van der Waals surface area contributed by atoms with Crippen LogP contribution in [-0.4, -0.2) is 33.9 Å². The SMILES string of the molecule is Cc1csc(N(C(=O)C2CCCN(c3ncccn3)C2)c2ccccc2)n1. The van der Waals surface area contributed by atoms with Crippen molar-refractivity contribution in [2.75, 3.05) is 22.9 Å². The number of para-hydroxylation sites is 1. The fourth-order valence-corrected chi connectivity index (χ4v) is 4.18. The summed E-state index contributed by atoms with van der Waals surface area (Å²) in [7, 11) is 0. The van der Waals surface area contributed by atoms with Crippen molar-refractivity contribution in [3.05, 3.63) is 59.9 Å². The predicted molar refractivity (Wildman–Crippen MR) is 107 cm³/mol. The molecule has 0 aliphatic carbocycles. The number of hydrogen-bond donors (Lipinski definition) is 0. The summed E-state index contributed by atoms with van der Waals surface area (Å²) in [6.45, 7) is 3.44. The Labute approximate surface area is 162 Å². The van der Waals surface area contributed by atoms with Crippen molar-refractivity contribution < 1.29 is 4.79 Å². The molecule has 0 saturated carbocycles. The largest absolute Gasteiger partial charge is 0.340 e. The van der Waals surface area contributed by atoms with Crippen molar-refractivity contribution >= 4 is 34.0 Å². The number of hydrogen-bond acceptors (Lipinski definition) is 6. The summed E-state index contributed by atoms with van der Waals surface area (Å²) in [5.74, 6) is 0.648. The van der Waals surface area contributed by atoms with Crippen LogP contribution in [0, 0.1) is 12.8 Å². The highest BCUT2D eigenvalue weighted by Crippen LogP contribution is 2.32. The minimum Gasteiger partial charge on any atom is -0.340 e. The molecule has 1 amide bonds. The molecule has 1 aliphatic rings. The molecule has 3 aromatic rings. The van der Waals surface area contributed by atoms with E-state index in [1.807, 2.05) is 42.6 Å². The molecule has 0 bridgehead atoms. The van der Waals surface area contributed by atoms with Gasteiger partial charge in [-0.15, -0.1) is 11.3 Å². The number of benzene rings is 1. The second kappa shape index (κ2) is 7.84. The Morgan fingerprint density at radius 3 is 2.67 bits per heavy atom. The third-order valence-electron chi connectivity index (χ3n) is 4.64. The quantitative estimate of drug-likeness (QED) is 0.689. The van der Waals surface area contributed by atoms with Gasteiger partial charge in [0.2, 0.25) is 11.9 Å². The highest BCUT2D eigenvalue weighted by Gasteiger charge is 2.32. The smallest absolute Gasteiger partial charge is 0.238 e. The van der Waals surface area contributed by atoms with Gasteiger partial charge in [-0.05, 0) is 38.0 Å². The van der Waals surface area contributed by atoms with Crippen LogP contribution in [0.5, 0.6) is 0 Å². The van der Waals surface area contributed by atoms with Crippen LogP contribution in [0.25, 0.3) is 0 Å². The minimum atomic E-state index is -0.119. The number of nitrogens with zero attached hydrogens (tertiary/aromatic N) is 5. The number of aromatic nitrogens is 3. The van der Waals surface area contributed by atoms with Gasteiger partial charge in [0.25, 0.3) is 0 Å². The lowest BCUT2D eigenvalue weighted by Gasteiger charge is -2.34. The molecular weight excluding hydrogens is 358 g/mol. The molecule has 138 valence electrons. The van der Waals surface area contributed by atoms with Crippen molar-refractivity contribution in [1.29, 1.82) is 0 Å². The fraction of sp³-hybridized carbons (Fsp3) is 0.300. The summed E-state index contributed by atoms with van der Waals surface area (Å²) in [5.41, 5.74) is 1.77. The molecule has 3 heterocycles. The predicted octanol–water partition coefficient (Wildman–Crippen LogP) is 3.82. The number of amides is 1. The molecule has 0 radical (unpaired) electrons. The van der Waals surface area contributed by atoms with Crippen molar-refractivity contribution in [3.63, 3.8) is 0 Å². The third kappa shape index (κ3) is 3.83. The first-order valence-corrected chi connectivity index (χ1v) is 9.93. The van der Waals surface area contributed by atoms with Gasteiger partial charge in [-0.2, -0.15) is 0 Å². The van der Waals surface area contributed by atoms with Crippen molar-refractivity contribution in [1.82, 2.24) is 15.0 Å². The molecule has 1 unspecified atom stereocenters. The van der Waals surface area contributed by atoms with Crippen LogP contribution in [-0.2, 0) is 4.79 Å². The first kappa shape index (κ1) is 17.6. The zero-order valence-electron chi connectivity index (χ0n) is 15.2. The monoisotopic (exact) mass is 379 g/mol. The first-order valence-electron chi connectivity index (χ1n) is 9.05. The van der Waals surface area contributed by atoms with Gasteiger partial charge in [0.1, 0.15) is 0 Å². The molecule has 1 atom stereocenters. The topological polar surface area (TPSA) is 62.2 Å². The second-order valence-corrected chi connectivity index (χ2v) is 7.45. The zero-order valence-corrected chi connectivity index (χ0v) is 16.0. The summed E-state index contributed by atoms with van der Waals surface area (Å²) in [4.78, 5) is 30.6. The lowest BCUT2D eigenvalue weighted by Crippen LogP contribution is -2.44. The van der Waals surface area contributed by atoms with E-state index in [2.05, 4.69) is 19.9 Å². The van der Waals surface area contributed by atoms with Gasteiger partial charge in [-0.25, -0.2) is 15.0 Å². The van der Waals surface area contributed by atoms with E-state index >= 15 is 0 Å². The summed E-state index contributed by atoms with van der Waals surface area (Å²) in [6.07, 6.45) is 5.27. The Bertz CT molecular complexity index is 899. The van der Waals surface area contributed by atoms with E-state index < -0.39 is 0 Å². The second-order valence-electron chi connectivity index (χ2n) is 6.61. The van der Waals surface area contributed by atoms with E-state index in [1.165, 1.54) is 11.3 Å². The summed E-state index contributed by atoms with van der Waals surface area (Å²) >= 11 is 1.50. The molecule has 4 rings (SSSR count). The molecule has 0 spiro atoms. The van der Waals surface area contributed by atoms with Gasteiger partial charge in [-0.1, -0.05) is 18.2 Å². The van der Waals surface area contributed by atoms with E-state index in [0.717, 1.165) is 35.9 Å². The number of aryl methyl sites for hydroxylation is 1. The maximum absolute atomic E-state index is 13.5. The van der Waals surface area contributed by atoms with Crippen LogP contribution in [0.2, 0.25) is 0 Å². The summed E-state index contributed by atoms with van der Waals surface area (Å²) in [6, 6.07) is 11.6. The molecule has 0 N–H and O–H groups in total. The Balaban J connectivity index is 1.61. The van der Waals surface area contributed by atoms with Gasteiger partial charge >= 0.3 is 0 Å². The molecule has 1 saturated heterocycles. The molecule has 2 aromatic heterocycles. The molecular formula is C20H21N5OS. The van der Waals surface area contributed by atoms with E-state index in [1.54, 1.807) is 23.4 Å². The van der Waals surface area contributed by atoms with Crippen LogP contribution in [0.15, 0.2) is 54.2 Å². The minimum absolute atomic E-state index is 0.0798. The fourth-order valence-electron chi connectivity index (χ4n) is 3.35. The van der Waals surface area contributed by atoms with Crippen molar-refractivity contribution in [2.24, 2.45) is 5.92 Å². The Kier molecular flexibility index (Phi) is 5.11. The number of thiazole rings is 1. The number of anilines is 3. The normalized spacial score (nSPS) is 16.9. The average Bonchev–Trinajstić information content (AvgIpc) is 3.15.